The number of anilines is 1. The monoisotopic (exact) mass is 363 g/mol. The first kappa shape index (κ1) is 17.2. The maximum absolute atomic E-state index is 12.6. The summed E-state index contributed by atoms with van der Waals surface area (Å²) in [6.07, 6.45) is 2.35. The Bertz CT molecular complexity index is 969. The first-order valence-electron chi connectivity index (χ1n) is 8.95. The minimum atomic E-state index is -0.698. The number of nitrogens with one attached hydrogen (secondary N) is 2. The molecule has 1 fully saturated rings. The van der Waals surface area contributed by atoms with Crippen molar-refractivity contribution in [2.24, 2.45) is 11.7 Å². The predicted octanol–water partition coefficient (Wildman–Crippen LogP) is 2.05. The highest BCUT2D eigenvalue weighted by atomic mass is 16.2. The molecule has 0 bridgehead atoms. The van der Waals surface area contributed by atoms with Gasteiger partial charge in [0, 0.05) is 24.2 Å². The lowest BCUT2D eigenvalue weighted by molar-refractivity contribution is -0.132. The Morgan fingerprint density at radius 1 is 1.22 bits per heavy atom. The van der Waals surface area contributed by atoms with Crippen LogP contribution >= 0.6 is 0 Å². The Balaban J connectivity index is 1.38. The van der Waals surface area contributed by atoms with Crippen LogP contribution in [-0.2, 0) is 9.59 Å². The molecule has 2 amide bonds. The molecular weight excluding hydrogens is 342 g/mol. The van der Waals surface area contributed by atoms with Gasteiger partial charge in [-0.3, -0.25) is 14.7 Å². The van der Waals surface area contributed by atoms with Crippen molar-refractivity contribution in [3.63, 3.8) is 0 Å². The third-order valence-electron chi connectivity index (χ3n) is 5.00. The van der Waals surface area contributed by atoms with Crippen molar-refractivity contribution >= 4 is 28.4 Å². The number of hydrogen-bond donors (Lipinski definition) is 3. The minimum Gasteiger partial charge on any atom is -0.340 e. The normalized spacial score (nSPS) is 17.8. The molecule has 7 nitrogen and oxygen atoms in total. The lowest BCUT2D eigenvalue weighted by atomic mass is 10.1. The SMILES string of the molecule is N[C@H](C(=O)N1CCC(C(=O)Nc2ccc3[nH]ncc3c2)C1)c1ccccc1. The molecule has 0 spiro atoms. The van der Waals surface area contributed by atoms with Crippen molar-refractivity contribution in [2.75, 3.05) is 18.4 Å². The molecule has 4 rings (SSSR count). The molecule has 2 aromatic carbocycles. The second-order valence-electron chi connectivity index (χ2n) is 6.82. The van der Waals surface area contributed by atoms with Crippen LogP contribution in [0.5, 0.6) is 0 Å². The van der Waals surface area contributed by atoms with Crippen molar-refractivity contribution in [3.8, 4) is 0 Å². The minimum absolute atomic E-state index is 0.0820. The van der Waals surface area contributed by atoms with Crippen LogP contribution in [0.4, 0.5) is 5.69 Å². The highest BCUT2D eigenvalue weighted by Crippen LogP contribution is 2.23. The summed E-state index contributed by atoms with van der Waals surface area (Å²) in [4.78, 5) is 26.9. The van der Waals surface area contributed by atoms with Crippen molar-refractivity contribution in [2.45, 2.75) is 12.5 Å². The molecule has 0 radical (unpaired) electrons. The van der Waals surface area contributed by atoms with Gasteiger partial charge in [-0.25, -0.2) is 0 Å². The van der Waals surface area contributed by atoms with E-state index in [-0.39, 0.29) is 17.7 Å². The Morgan fingerprint density at radius 3 is 2.85 bits per heavy atom. The largest absolute Gasteiger partial charge is 0.340 e. The van der Waals surface area contributed by atoms with E-state index < -0.39 is 6.04 Å². The smallest absolute Gasteiger partial charge is 0.244 e. The van der Waals surface area contributed by atoms with Crippen molar-refractivity contribution in [1.82, 2.24) is 15.1 Å². The van der Waals surface area contributed by atoms with Crippen molar-refractivity contribution in [3.05, 3.63) is 60.3 Å². The average molecular weight is 363 g/mol. The number of nitrogens with two attached hydrogens (primary N) is 1. The summed E-state index contributed by atoms with van der Waals surface area (Å²) in [5.41, 5.74) is 8.53. The molecule has 0 saturated carbocycles. The Labute approximate surface area is 156 Å². The lowest BCUT2D eigenvalue weighted by Gasteiger charge is -2.21. The highest BCUT2D eigenvalue weighted by molar-refractivity contribution is 5.95. The molecule has 1 unspecified atom stereocenters. The Morgan fingerprint density at radius 2 is 2.04 bits per heavy atom. The van der Waals surface area contributed by atoms with Crippen LogP contribution in [0.25, 0.3) is 10.9 Å². The van der Waals surface area contributed by atoms with E-state index in [1.165, 1.54) is 0 Å². The Hall–Kier alpha value is -3.19. The number of hydrogen-bond acceptors (Lipinski definition) is 4. The van der Waals surface area contributed by atoms with Gasteiger partial charge in [-0.1, -0.05) is 30.3 Å². The molecule has 1 saturated heterocycles. The van der Waals surface area contributed by atoms with Gasteiger partial charge in [-0.15, -0.1) is 0 Å². The summed E-state index contributed by atoms with van der Waals surface area (Å²) in [5, 5.41) is 10.7. The topological polar surface area (TPSA) is 104 Å². The molecular formula is C20H21N5O2. The summed E-state index contributed by atoms with van der Waals surface area (Å²) >= 11 is 0. The summed E-state index contributed by atoms with van der Waals surface area (Å²) in [6.45, 7) is 0.928. The van der Waals surface area contributed by atoms with Gasteiger partial charge in [0.15, 0.2) is 0 Å². The lowest BCUT2D eigenvalue weighted by Crippen LogP contribution is -2.38. The number of carbonyl (C=O) groups is 2. The molecule has 1 aromatic heterocycles. The molecule has 1 aliphatic rings. The number of carbonyl (C=O) groups excluding carboxylic acids is 2. The van der Waals surface area contributed by atoms with E-state index in [9.17, 15) is 9.59 Å². The number of amides is 2. The van der Waals surface area contributed by atoms with Crippen LogP contribution in [0.3, 0.4) is 0 Å². The molecule has 2 heterocycles. The molecule has 7 heteroatoms. The fraction of sp³-hybridized carbons (Fsp3) is 0.250. The second kappa shape index (κ2) is 7.20. The number of aromatic amines is 1. The van der Waals surface area contributed by atoms with Crippen LogP contribution in [0.1, 0.15) is 18.0 Å². The summed E-state index contributed by atoms with van der Waals surface area (Å²) in [6, 6.07) is 14.2. The highest BCUT2D eigenvalue weighted by Gasteiger charge is 2.33. The molecule has 0 aliphatic carbocycles. The molecule has 27 heavy (non-hydrogen) atoms. The average Bonchev–Trinajstić information content (AvgIpc) is 3.36. The summed E-state index contributed by atoms with van der Waals surface area (Å²) < 4.78 is 0. The van der Waals surface area contributed by atoms with Gasteiger partial charge in [0.05, 0.1) is 17.6 Å². The first-order chi connectivity index (χ1) is 13.1. The van der Waals surface area contributed by atoms with E-state index >= 15 is 0 Å². The van der Waals surface area contributed by atoms with Crippen LogP contribution < -0.4 is 11.1 Å². The van der Waals surface area contributed by atoms with Crippen LogP contribution in [-0.4, -0.2) is 40.0 Å². The summed E-state index contributed by atoms with van der Waals surface area (Å²) in [5.74, 6) is -0.463. The van der Waals surface area contributed by atoms with Gasteiger partial charge < -0.3 is 16.0 Å². The zero-order valence-electron chi connectivity index (χ0n) is 14.8. The molecule has 138 valence electrons. The van der Waals surface area contributed by atoms with Gasteiger partial charge in [-0.2, -0.15) is 5.10 Å². The van der Waals surface area contributed by atoms with E-state index in [0.29, 0.717) is 19.5 Å². The van der Waals surface area contributed by atoms with E-state index in [2.05, 4.69) is 15.5 Å². The molecule has 1 aliphatic heterocycles. The molecule has 4 N–H and O–H groups in total. The maximum atomic E-state index is 12.6. The summed E-state index contributed by atoms with van der Waals surface area (Å²) in [7, 11) is 0. The van der Waals surface area contributed by atoms with Crippen LogP contribution in [0.2, 0.25) is 0 Å². The number of nitrogens with zero attached hydrogens (tertiary/aromatic N) is 2. The fourth-order valence-corrected chi connectivity index (χ4v) is 3.44. The second-order valence-corrected chi connectivity index (χ2v) is 6.82. The van der Waals surface area contributed by atoms with E-state index in [0.717, 1.165) is 22.2 Å². The number of likely N-dealkylation sites (tertiary alicyclic amines) is 1. The fourth-order valence-electron chi connectivity index (χ4n) is 3.44. The third kappa shape index (κ3) is 3.54. The van der Waals surface area contributed by atoms with E-state index in [4.69, 9.17) is 5.73 Å². The van der Waals surface area contributed by atoms with E-state index in [1.807, 2.05) is 48.5 Å². The molecule has 2 atom stereocenters. The molecule has 3 aromatic rings. The predicted molar refractivity (Wildman–Crippen MR) is 103 cm³/mol. The van der Waals surface area contributed by atoms with E-state index in [1.54, 1.807) is 11.1 Å². The number of benzene rings is 2. The van der Waals surface area contributed by atoms with Crippen LogP contribution in [0.15, 0.2) is 54.7 Å². The van der Waals surface area contributed by atoms with Gasteiger partial charge in [0.1, 0.15) is 6.04 Å². The van der Waals surface area contributed by atoms with Gasteiger partial charge in [0.25, 0.3) is 0 Å². The van der Waals surface area contributed by atoms with Crippen molar-refractivity contribution < 1.29 is 9.59 Å². The first-order valence-corrected chi connectivity index (χ1v) is 8.95. The standard InChI is InChI=1S/C20H21N5O2/c21-18(13-4-2-1-3-5-13)20(27)25-9-8-14(12-25)19(26)23-16-6-7-17-15(10-16)11-22-24-17/h1-7,10-11,14,18H,8-9,12,21H2,(H,22,24)(H,23,26)/t14?,18-/m0/s1. The zero-order chi connectivity index (χ0) is 18.8. The third-order valence-corrected chi connectivity index (χ3v) is 5.00. The number of H-pyrrole nitrogens is 1. The van der Waals surface area contributed by atoms with Gasteiger partial charge in [0.2, 0.25) is 11.8 Å². The number of fused-ring (bicyclic) bond motifs is 1. The Kier molecular flexibility index (Phi) is 4.60. The quantitative estimate of drug-likeness (QED) is 0.660. The zero-order valence-corrected chi connectivity index (χ0v) is 14.8. The van der Waals surface area contributed by atoms with Gasteiger partial charge in [-0.05, 0) is 30.2 Å². The number of aromatic nitrogens is 2. The van der Waals surface area contributed by atoms with Crippen LogP contribution in [0, 0.1) is 5.92 Å². The van der Waals surface area contributed by atoms with Gasteiger partial charge >= 0.3 is 0 Å². The number of rotatable bonds is 4. The maximum Gasteiger partial charge on any atom is 0.244 e. The van der Waals surface area contributed by atoms with Crippen molar-refractivity contribution in [1.29, 1.82) is 0 Å².